The van der Waals surface area contributed by atoms with Crippen LogP contribution < -0.4 is 20.5 Å². The highest BCUT2D eigenvalue weighted by Gasteiger charge is 2.09. The number of hydrogen-bond donors (Lipinski definition) is 2. The Balaban J connectivity index is 2.24. The number of methoxy groups -OCH3 is 1. The fourth-order valence-corrected chi connectivity index (χ4v) is 1.81. The molecule has 6 nitrogen and oxygen atoms in total. The molecule has 0 unspecified atom stereocenters. The van der Waals surface area contributed by atoms with E-state index in [-0.39, 0.29) is 5.95 Å². The van der Waals surface area contributed by atoms with E-state index in [4.69, 9.17) is 15.2 Å². The highest BCUT2D eigenvalue weighted by atomic mass is 16.5. The minimum Gasteiger partial charge on any atom is -0.493 e. The van der Waals surface area contributed by atoms with Crippen molar-refractivity contribution in [3.8, 4) is 17.4 Å². The molecule has 0 aliphatic rings. The van der Waals surface area contributed by atoms with Gasteiger partial charge in [-0.2, -0.15) is 9.97 Å². The van der Waals surface area contributed by atoms with E-state index in [1.807, 2.05) is 25.1 Å². The Morgan fingerprint density at radius 1 is 1.19 bits per heavy atom. The molecule has 112 valence electrons. The van der Waals surface area contributed by atoms with Crippen molar-refractivity contribution < 1.29 is 9.47 Å². The Morgan fingerprint density at radius 3 is 2.71 bits per heavy atom. The minimum absolute atomic E-state index is 0.164. The van der Waals surface area contributed by atoms with Crippen LogP contribution in [0.2, 0.25) is 0 Å². The van der Waals surface area contributed by atoms with Crippen molar-refractivity contribution in [2.45, 2.75) is 20.3 Å². The monoisotopic (exact) mass is 288 g/mol. The van der Waals surface area contributed by atoms with E-state index >= 15 is 0 Å². The Kier molecular flexibility index (Phi) is 4.81. The van der Waals surface area contributed by atoms with Crippen LogP contribution in [0.4, 0.5) is 11.8 Å². The van der Waals surface area contributed by atoms with Crippen LogP contribution in [0.1, 0.15) is 18.9 Å². The summed E-state index contributed by atoms with van der Waals surface area (Å²) in [5.74, 6) is 2.42. The third-order valence-electron chi connectivity index (χ3n) is 2.81. The maximum atomic E-state index is 5.76. The molecule has 1 heterocycles. The summed E-state index contributed by atoms with van der Waals surface area (Å²) in [4.78, 5) is 8.20. The first kappa shape index (κ1) is 14.9. The van der Waals surface area contributed by atoms with E-state index in [1.54, 1.807) is 13.2 Å². The smallest absolute Gasteiger partial charge is 0.226 e. The van der Waals surface area contributed by atoms with Gasteiger partial charge in [-0.3, -0.25) is 0 Å². The molecule has 0 atom stereocenters. The van der Waals surface area contributed by atoms with Crippen LogP contribution in [-0.2, 0) is 0 Å². The minimum atomic E-state index is 0.164. The zero-order valence-corrected chi connectivity index (χ0v) is 12.5. The van der Waals surface area contributed by atoms with Crippen molar-refractivity contribution in [1.29, 1.82) is 0 Å². The molecular weight excluding hydrogens is 268 g/mol. The van der Waals surface area contributed by atoms with Gasteiger partial charge in [0.05, 0.1) is 7.11 Å². The number of nitrogens with one attached hydrogen (secondary N) is 1. The molecular formula is C15H20N4O2. The number of anilines is 2. The number of ether oxygens (including phenoxy) is 2. The van der Waals surface area contributed by atoms with E-state index in [0.29, 0.717) is 23.2 Å². The average Bonchev–Trinajstić information content (AvgIpc) is 2.46. The van der Waals surface area contributed by atoms with Gasteiger partial charge in [0.2, 0.25) is 11.8 Å². The molecule has 3 N–H and O–H groups in total. The van der Waals surface area contributed by atoms with Crippen LogP contribution in [0.5, 0.6) is 17.4 Å². The summed E-state index contributed by atoms with van der Waals surface area (Å²) in [5.41, 5.74) is 6.80. The van der Waals surface area contributed by atoms with Crippen LogP contribution in [0.3, 0.4) is 0 Å². The van der Waals surface area contributed by atoms with Gasteiger partial charge in [0, 0.05) is 12.6 Å². The Morgan fingerprint density at radius 2 is 2.00 bits per heavy atom. The first-order valence-electron chi connectivity index (χ1n) is 6.83. The third-order valence-corrected chi connectivity index (χ3v) is 2.81. The number of nitrogen functional groups attached to an aromatic ring is 1. The summed E-state index contributed by atoms with van der Waals surface area (Å²) >= 11 is 0. The molecule has 0 bridgehead atoms. The van der Waals surface area contributed by atoms with Crippen molar-refractivity contribution in [1.82, 2.24) is 9.97 Å². The SMILES string of the molecule is CCCNc1cc(Oc2ccc(C)cc2OC)nc(N)n1. The molecule has 0 fully saturated rings. The van der Waals surface area contributed by atoms with Crippen molar-refractivity contribution >= 4 is 11.8 Å². The lowest BCUT2D eigenvalue weighted by molar-refractivity contribution is 0.374. The molecule has 0 aliphatic heterocycles. The van der Waals surface area contributed by atoms with Gasteiger partial charge in [-0.15, -0.1) is 0 Å². The number of nitrogens with zero attached hydrogens (tertiary/aromatic N) is 2. The highest BCUT2D eigenvalue weighted by molar-refractivity contribution is 5.47. The fourth-order valence-electron chi connectivity index (χ4n) is 1.81. The normalized spacial score (nSPS) is 10.2. The summed E-state index contributed by atoms with van der Waals surface area (Å²) in [6.07, 6.45) is 0.992. The van der Waals surface area contributed by atoms with Gasteiger partial charge < -0.3 is 20.5 Å². The van der Waals surface area contributed by atoms with E-state index in [1.165, 1.54) is 0 Å². The second kappa shape index (κ2) is 6.78. The second-order valence-electron chi connectivity index (χ2n) is 4.63. The van der Waals surface area contributed by atoms with Crippen LogP contribution in [0.25, 0.3) is 0 Å². The van der Waals surface area contributed by atoms with Crippen LogP contribution >= 0.6 is 0 Å². The number of aromatic nitrogens is 2. The lowest BCUT2D eigenvalue weighted by atomic mass is 10.2. The van der Waals surface area contributed by atoms with Gasteiger partial charge in [-0.25, -0.2) is 0 Å². The van der Waals surface area contributed by atoms with E-state index in [9.17, 15) is 0 Å². The summed E-state index contributed by atoms with van der Waals surface area (Å²) in [6.45, 7) is 4.87. The predicted molar refractivity (Wildman–Crippen MR) is 83.0 cm³/mol. The molecule has 0 spiro atoms. The maximum absolute atomic E-state index is 5.76. The van der Waals surface area contributed by atoms with Crippen molar-refractivity contribution in [3.05, 3.63) is 29.8 Å². The number of hydrogen-bond acceptors (Lipinski definition) is 6. The molecule has 21 heavy (non-hydrogen) atoms. The molecule has 0 radical (unpaired) electrons. The first-order valence-corrected chi connectivity index (χ1v) is 6.83. The van der Waals surface area contributed by atoms with Gasteiger partial charge in [0.25, 0.3) is 0 Å². The van der Waals surface area contributed by atoms with E-state index < -0.39 is 0 Å². The Labute approximate surface area is 124 Å². The van der Waals surface area contributed by atoms with Gasteiger partial charge >= 0.3 is 0 Å². The average molecular weight is 288 g/mol. The number of aryl methyl sites for hydroxylation is 1. The van der Waals surface area contributed by atoms with Gasteiger partial charge in [-0.05, 0) is 31.0 Å². The molecule has 0 saturated carbocycles. The zero-order chi connectivity index (χ0) is 15.2. The molecule has 0 amide bonds. The first-order chi connectivity index (χ1) is 10.1. The number of rotatable bonds is 6. The molecule has 2 aromatic rings. The Bertz CT molecular complexity index is 617. The van der Waals surface area contributed by atoms with Gasteiger partial charge in [-0.1, -0.05) is 13.0 Å². The lowest BCUT2D eigenvalue weighted by Crippen LogP contribution is -2.05. The predicted octanol–water partition coefficient (Wildman–Crippen LogP) is 2.99. The highest BCUT2D eigenvalue weighted by Crippen LogP contribution is 2.32. The molecule has 1 aromatic heterocycles. The largest absolute Gasteiger partial charge is 0.493 e. The standard InChI is InChI=1S/C15H20N4O2/c1-4-7-17-13-9-14(19-15(16)18-13)21-11-6-5-10(2)8-12(11)20-3/h5-6,8-9H,4,7H2,1-3H3,(H3,16,17,18,19). The summed E-state index contributed by atoms with van der Waals surface area (Å²) in [6, 6.07) is 7.39. The van der Waals surface area contributed by atoms with Gasteiger partial charge in [0.15, 0.2) is 11.5 Å². The fraction of sp³-hybridized carbons (Fsp3) is 0.333. The van der Waals surface area contributed by atoms with Gasteiger partial charge in [0.1, 0.15) is 5.82 Å². The summed E-state index contributed by atoms with van der Waals surface area (Å²) in [7, 11) is 1.60. The zero-order valence-electron chi connectivity index (χ0n) is 12.5. The second-order valence-corrected chi connectivity index (χ2v) is 4.63. The number of benzene rings is 1. The van der Waals surface area contributed by atoms with E-state index in [2.05, 4.69) is 22.2 Å². The molecule has 1 aromatic carbocycles. The van der Waals surface area contributed by atoms with Crippen LogP contribution in [0, 0.1) is 6.92 Å². The molecule has 2 rings (SSSR count). The summed E-state index contributed by atoms with van der Waals surface area (Å²) < 4.78 is 11.1. The van der Waals surface area contributed by atoms with Crippen molar-refractivity contribution in [2.75, 3.05) is 24.7 Å². The maximum Gasteiger partial charge on any atom is 0.226 e. The van der Waals surface area contributed by atoms with E-state index in [0.717, 1.165) is 18.5 Å². The van der Waals surface area contributed by atoms with Crippen molar-refractivity contribution in [2.24, 2.45) is 0 Å². The van der Waals surface area contributed by atoms with Crippen LogP contribution in [0.15, 0.2) is 24.3 Å². The third kappa shape index (κ3) is 3.98. The number of nitrogens with two attached hydrogens (primary N) is 1. The van der Waals surface area contributed by atoms with Crippen LogP contribution in [-0.4, -0.2) is 23.6 Å². The quantitative estimate of drug-likeness (QED) is 0.850. The summed E-state index contributed by atoms with van der Waals surface area (Å²) in [5, 5.41) is 3.16. The molecule has 0 saturated heterocycles. The topological polar surface area (TPSA) is 82.3 Å². The van der Waals surface area contributed by atoms with Crippen molar-refractivity contribution in [3.63, 3.8) is 0 Å². The molecule has 0 aliphatic carbocycles. The lowest BCUT2D eigenvalue weighted by Gasteiger charge is -2.11. The molecule has 6 heteroatoms. The Hall–Kier alpha value is -2.50.